The monoisotopic (exact) mass is 241 g/mol. The van der Waals surface area contributed by atoms with Crippen molar-refractivity contribution in [3.63, 3.8) is 0 Å². The Labute approximate surface area is 100 Å². The molecule has 4 heteroatoms. The summed E-state index contributed by atoms with van der Waals surface area (Å²) in [7, 11) is 1.77. The van der Waals surface area contributed by atoms with Crippen LogP contribution in [0.15, 0.2) is 0 Å². The lowest BCUT2D eigenvalue weighted by atomic mass is 10.0. The van der Waals surface area contributed by atoms with Gasteiger partial charge in [-0.05, 0) is 26.7 Å². The third kappa shape index (κ3) is 1.90. The molecule has 1 atom stereocenters. The maximum atomic E-state index is 9.65. The molecule has 3 nitrogen and oxygen atoms in total. The van der Waals surface area contributed by atoms with Crippen molar-refractivity contribution in [2.75, 3.05) is 7.11 Å². The van der Waals surface area contributed by atoms with Gasteiger partial charge in [-0.2, -0.15) is 0 Å². The number of hydrogen-bond acceptors (Lipinski definition) is 4. The van der Waals surface area contributed by atoms with Crippen LogP contribution in [0.5, 0.6) is 0 Å². The molecule has 0 amide bonds. The van der Waals surface area contributed by atoms with Crippen molar-refractivity contribution in [3.8, 4) is 0 Å². The van der Waals surface area contributed by atoms with Gasteiger partial charge in [0, 0.05) is 7.11 Å². The molecule has 1 aromatic heterocycles. The summed E-state index contributed by atoms with van der Waals surface area (Å²) in [4.78, 5) is 5.56. The van der Waals surface area contributed by atoms with Crippen LogP contribution < -0.4 is 0 Å². The van der Waals surface area contributed by atoms with E-state index in [1.54, 1.807) is 25.4 Å². The van der Waals surface area contributed by atoms with E-state index in [1.165, 1.54) is 12.8 Å². The highest BCUT2D eigenvalue weighted by Gasteiger charge is 2.39. The highest BCUT2D eigenvalue weighted by molar-refractivity contribution is 7.12. The van der Waals surface area contributed by atoms with E-state index in [-0.39, 0.29) is 5.60 Å². The zero-order valence-electron chi connectivity index (χ0n) is 10.1. The standard InChI is InChI=1S/C12H19NO2S/c1-8-10(9(2)14)16-11(13-8)12(15-3)6-4-5-7-12/h9,14H,4-7H2,1-3H3. The largest absolute Gasteiger partial charge is 0.388 e. The summed E-state index contributed by atoms with van der Waals surface area (Å²) in [6.07, 6.45) is 4.08. The summed E-state index contributed by atoms with van der Waals surface area (Å²) in [5.41, 5.74) is 0.765. The third-order valence-electron chi connectivity index (χ3n) is 3.40. The molecule has 1 unspecified atom stereocenters. The number of aryl methyl sites for hydroxylation is 1. The van der Waals surface area contributed by atoms with Gasteiger partial charge in [-0.25, -0.2) is 4.98 Å². The van der Waals surface area contributed by atoms with Crippen LogP contribution in [-0.4, -0.2) is 17.2 Å². The third-order valence-corrected chi connectivity index (χ3v) is 4.92. The lowest BCUT2D eigenvalue weighted by Crippen LogP contribution is -2.24. The van der Waals surface area contributed by atoms with Crippen molar-refractivity contribution < 1.29 is 9.84 Å². The van der Waals surface area contributed by atoms with Crippen molar-refractivity contribution in [2.45, 2.75) is 51.2 Å². The molecular weight excluding hydrogens is 222 g/mol. The second kappa shape index (κ2) is 4.43. The molecule has 1 aliphatic rings. The van der Waals surface area contributed by atoms with Crippen molar-refractivity contribution in [2.24, 2.45) is 0 Å². The molecule has 0 aromatic carbocycles. The van der Waals surface area contributed by atoms with E-state index in [0.29, 0.717) is 0 Å². The van der Waals surface area contributed by atoms with Gasteiger partial charge in [-0.15, -0.1) is 11.3 Å². The lowest BCUT2D eigenvalue weighted by Gasteiger charge is -2.24. The highest BCUT2D eigenvalue weighted by atomic mass is 32.1. The first kappa shape index (κ1) is 12.0. The Morgan fingerprint density at radius 2 is 2.06 bits per heavy atom. The molecular formula is C12H19NO2S. The molecule has 1 aromatic rings. The minimum Gasteiger partial charge on any atom is -0.388 e. The first-order valence-electron chi connectivity index (χ1n) is 5.80. The average Bonchev–Trinajstić information content (AvgIpc) is 2.84. The van der Waals surface area contributed by atoms with Crippen LogP contribution in [0, 0.1) is 6.92 Å². The average molecular weight is 241 g/mol. The van der Waals surface area contributed by atoms with E-state index in [9.17, 15) is 5.11 Å². The van der Waals surface area contributed by atoms with E-state index in [4.69, 9.17) is 4.74 Å². The molecule has 2 rings (SSSR count). The molecule has 16 heavy (non-hydrogen) atoms. The number of thiazole rings is 1. The number of aliphatic hydroxyl groups excluding tert-OH is 1. The van der Waals surface area contributed by atoms with E-state index in [1.807, 2.05) is 6.92 Å². The summed E-state index contributed by atoms with van der Waals surface area (Å²) in [5.74, 6) is 0. The number of ether oxygens (including phenoxy) is 1. The SMILES string of the molecule is COC1(c2nc(C)c(C(C)O)s2)CCCC1. The van der Waals surface area contributed by atoms with Crippen molar-refractivity contribution in [1.29, 1.82) is 0 Å². The zero-order chi connectivity index (χ0) is 11.8. The first-order chi connectivity index (χ1) is 7.59. The van der Waals surface area contributed by atoms with Crippen LogP contribution >= 0.6 is 11.3 Å². The van der Waals surface area contributed by atoms with Gasteiger partial charge >= 0.3 is 0 Å². The molecule has 0 bridgehead atoms. The summed E-state index contributed by atoms with van der Waals surface area (Å²) in [6, 6.07) is 0. The number of aromatic nitrogens is 1. The number of rotatable bonds is 3. The quantitative estimate of drug-likeness (QED) is 0.884. The Morgan fingerprint density at radius 3 is 2.50 bits per heavy atom. The van der Waals surface area contributed by atoms with E-state index < -0.39 is 6.10 Å². The molecule has 0 spiro atoms. The molecule has 1 saturated carbocycles. The summed E-state index contributed by atoms with van der Waals surface area (Å²) in [5, 5.41) is 10.7. The summed E-state index contributed by atoms with van der Waals surface area (Å²) < 4.78 is 5.70. The van der Waals surface area contributed by atoms with Crippen molar-refractivity contribution in [1.82, 2.24) is 4.98 Å². The first-order valence-corrected chi connectivity index (χ1v) is 6.62. The number of hydrogen-bond donors (Lipinski definition) is 1. The van der Waals surface area contributed by atoms with E-state index in [0.717, 1.165) is 28.4 Å². The number of nitrogens with zero attached hydrogens (tertiary/aromatic N) is 1. The van der Waals surface area contributed by atoms with Crippen LogP contribution in [0.2, 0.25) is 0 Å². The van der Waals surface area contributed by atoms with E-state index >= 15 is 0 Å². The Morgan fingerprint density at radius 1 is 1.44 bits per heavy atom. The normalized spacial score (nSPS) is 21.2. The minimum absolute atomic E-state index is 0.178. The van der Waals surface area contributed by atoms with Crippen molar-refractivity contribution >= 4 is 11.3 Å². The van der Waals surface area contributed by atoms with Gasteiger partial charge in [0.15, 0.2) is 0 Å². The Kier molecular flexibility index (Phi) is 3.33. The topological polar surface area (TPSA) is 42.4 Å². The lowest BCUT2D eigenvalue weighted by molar-refractivity contribution is -0.00893. The van der Waals surface area contributed by atoms with Crippen LogP contribution in [0.4, 0.5) is 0 Å². The van der Waals surface area contributed by atoms with Gasteiger partial charge < -0.3 is 9.84 Å². The Balaban J connectivity index is 2.36. The smallest absolute Gasteiger partial charge is 0.125 e. The van der Waals surface area contributed by atoms with Gasteiger partial charge in [0.25, 0.3) is 0 Å². The Bertz CT molecular complexity index is 367. The van der Waals surface area contributed by atoms with Gasteiger partial charge in [0.05, 0.1) is 16.7 Å². The zero-order valence-corrected chi connectivity index (χ0v) is 10.9. The molecule has 1 fully saturated rings. The molecule has 1 N–H and O–H groups in total. The summed E-state index contributed by atoms with van der Waals surface area (Å²) >= 11 is 1.60. The fraction of sp³-hybridized carbons (Fsp3) is 0.750. The molecule has 1 heterocycles. The fourth-order valence-corrected chi connectivity index (χ4v) is 3.67. The van der Waals surface area contributed by atoms with Crippen molar-refractivity contribution in [3.05, 3.63) is 15.6 Å². The maximum Gasteiger partial charge on any atom is 0.125 e. The van der Waals surface area contributed by atoms with Gasteiger partial charge in [0.2, 0.25) is 0 Å². The van der Waals surface area contributed by atoms with Gasteiger partial charge in [0.1, 0.15) is 10.6 Å². The van der Waals surface area contributed by atoms with Crippen LogP contribution in [0.3, 0.4) is 0 Å². The van der Waals surface area contributed by atoms with Crippen LogP contribution in [0.1, 0.15) is 54.3 Å². The Hall–Kier alpha value is -0.450. The number of methoxy groups -OCH3 is 1. The second-order valence-corrected chi connectivity index (χ2v) is 5.58. The minimum atomic E-state index is -0.429. The second-order valence-electron chi connectivity index (χ2n) is 4.55. The molecule has 0 aliphatic heterocycles. The van der Waals surface area contributed by atoms with Gasteiger partial charge in [-0.3, -0.25) is 0 Å². The van der Waals surface area contributed by atoms with Crippen LogP contribution in [-0.2, 0) is 10.3 Å². The molecule has 90 valence electrons. The predicted octanol–water partition coefficient (Wildman–Crippen LogP) is 2.92. The molecule has 0 radical (unpaired) electrons. The maximum absolute atomic E-state index is 9.65. The van der Waals surface area contributed by atoms with Gasteiger partial charge in [-0.1, -0.05) is 12.8 Å². The number of aliphatic hydroxyl groups is 1. The predicted molar refractivity (Wildman–Crippen MR) is 64.6 cm³/mol. The molecule has 0 saturated heterocycles. The fourth-order valence-electron chi connectivity index (χ4n) is 2.44. The summed E-state index contributed by atoms with van der Waals surface area (Å²) in [6.45, 7) is 3.75. The molecule has 1 aliphatic carbocycles. The van der Waals surface area contributed by atoms with Crippen LogP contribution in [0.25, 0.3) is 0 Å². The highest BCUT2D eigenvalue weighted by Crippen LogP contribution is 2.44. The van der Waals surface area contributed by atoms with E-state index in [2.05, 4.69) is 4.98 Å².